The van der Waals surface area contributed by atoms with Gasteiger partial charge in [0.15, 0.2) is 6.61 Å². The van der Waals surface area contributed by atoms with Crippen molar-refractivity contribution in [3.05, 3.63) is 83.3 Å². The fourth-order valence-corrected chi connectivity index (χ4v) is 4.12. The molecule has 1 aliphatic heterocycles. The molecule has 2 heterocycles. The maximum atomic E-state index is 12.7. The van der Waals surface area contributed by atoms with E-state index in [1.807, 2.05) is 48.2 Å². The first-order valence-corrected chi connectivity index (χ1v) is 11.2. The molecule has 0 spiro atoms. The molecule has 1 amide bonds. The van der Waals surface area contributed by atoms with Crippen molar-refractivity contribution in [1.29, 1.82) is 0 Å². The molecule has 0 atom stereocenters. The van der Waals surface area contributed by atoms with Crippen LogP contribution in [-0.4, -0.2) is 53.6 Å². The standard InChI is InChI=1S/C26H30N4O2/c1-20-24(18-22-10-5-3-6-11-22)26(28-21(2)27-20)30-15-9-14-29(16-17-30)25(31)19-32-23-12-7-4-8-13-23/h3-8,10-13H,9,14-19H2,1-2H3. The number of para-hydroxylation sites is 1. The smallest absolute Gasteiger partial charge is 0.260 e. The minimum atomic E-state index is 0.0234. The van der Waals surface area contributed by atoms with E-state index in [9.17, 15) is 4.79 Å². The number of benzene rings is 2. The number of hydrogen-bond donors (Lipinski definition) is 0. The van der Waals surface area contributed by atoms with E-state index in [-0.39, 0.29) is 12.5 Å². The van der Waals surface area contributed by atoms with Crippen molar-refractivity contribution >= 4 is 11.7 Å². The van der Waals surface area contributed by atoms with E-state index in [0.29, 0.717) is 6.54 Å². The number of aromatic nitrogens is 2. The van der Waals surface area contributed by atoms with Crippen LogP contribution in [0.5, 0.6) is 5.75 Å². The Morgan fingerprint density at radius 2 is 1.62 bits per heavy atom. The molecule has 0 radical (unpaired) electrons. The SMILES string of the molecule is Cc1nc(C)c(Cc2ccccc2)c(N2CCCN(C(=O)COc3ccccc3)CC2)n1. The first-order chi connectivity index (χ1) is 15.6. The van der Waals surface area contributed by atoms with E-state index in [2.05, 4.69) is 41.1 Å². The van der Waals surface area contributed by atoms with Crippen LogP contribution >= 0.6 is 0 Å². The summed E-state index contributed by atoms with van der Waals surface area (Å²) in [5.41, 5.74) is 3.42. The van der Waals surface area contributed by atoms with Crippen LogP contribution in [0.15, 0.2) is 60.7 Å². The number of carbonyl (C=O) groups excluding carboxylic acids is 1. The number of ether oxygens (including phenoxy) is 1. The Balaban J connectivity index is 1.45. The number of carbonyl (C=O) groups is 1. The van der Waals surface area contributed by atoms with Gasteiger partial charge >= 0.3 is 0 Å². The van der Waals surface area contributed by atoms with Crippen LogP contribution in [0.25, 0.3) is 0 Å². The fourth-order valence-electron chi connectivity index (χ4n) is 4.12. The number of rotatable bonds is 6. The van der Waals surface area contributed by atoms with Crippen LogP contribution in [0.3, 0.4) is 0 Å². The van der Waals surface area contributed by atoms with Gasteiger partial charge in [0.2, 0.25) is 0 Å². The third kappa shape index (κ3) is 5.44. The van der Waals surface area contributed by atoms with E-state index in [1.54, 1.807) is 0 Å². The zero-order chi connectivity index (χ0) is 22.3. The molecule has 0 unspecified atom stereocenters. The number of hydrogen-bond acceptors (Lipinski definition) is 5. The van der Waals surface area contributed by atoms with Crippen LogP contribution in [0.4, 0.5) is 5.82 Å². The molecule has 0 aliphatic carbocycles. The van der Waals surface area contributed by atoms with Crippen molar-refractivity contribution in [2.75, 3.05) is 37.7 Å². The van der Waals surface area contributed by atoms with Gasteiger partial charge in [-0.1, -0.05) is 48.5 Å². The summed E-state index contributed by atoms with van der Waals surface area (Å²) in [6.45, 7) is 7.06. The van der Waals surface area contributed by atoms with Gasteiger partial charge in [-0.15, -0.1) is 0 Å². The van der Waals surface area contributed by atoms with Crippen LogP contribution in [0.2, 0.25) is 0 Å². The van der Waals surface area contributed by atoms with E-state index in [4.69, 9.17) is 9.72 Å². The van der Waals surface area contributed by atoms with Crippen LogP contribution in [0.1, 0.15) is 29.1 Å². The van der Waals surface area contributed by atoms with Crippen molar-refractivity contribution < 1.29 is 9.53 Å². The first-order valence-electron chi connectivity index (χ1n) is 11.2. The highest BCUT2D eigenvalue weighted by Gasteiger charge is 2.23. The largest absolute Gasteiger partial charge is 0.484 e. The van der Waals surface area contributed by atoms with Crippen molar-refractivity contribution in [3.63, 3.8) is 0 Å². The normalized spacial score (nSPS) is 14.2. The highest BCUT2D eigenvalue weighted by molar-refractivity contribution is 5.78. The second kappa shape index (κ2) is 10.3. The Morgan fingerprint density at radius 1 is 0.906 bits per heavy atom. The lowest BCUT2D eigenvalue weighted by Crippen LogP contribution is -2.38. The average molecular weight is 431 g/mol. The highest BCUT2D eigenvalue weighted by Crippen LogP contribution is 2.25. The molecule has 0 saturated carbocycles. The molecule has 1 aromatic heterocycles. The summed E-state index contributed by atoms with van der Waals surface area (Å²) < 4.78 is 5.66. The minimum Gasteiger partial charge on any atom is -0.484 e. The molecule has 1 saturated heterocycles. The first kappa shape index (κ1) is 21.8. The van der Waals surface area contributed by atoms with E-state index >= 15 is 0 Å². The van der Waals surface area contributed by atoms with Gasteiger partial charge in [0.1, 0.15) is 17.4 Å². The molecular formula is C26H30N4O2. The monoisotopic (exact) mass is 430 g/mol. The number of anilines is 1. The predicted octanol–water partition coefficient (Wildman–Crippen LogP) is 3.80. The van der Waals surface area contributed by atoms with Gasteiger partial charge in [-0.25, -0.2) is 9.97 Å². The van der Waals surface area contributed by atoms with Gasteiger partial charge in [0.25, 0.3) is 5.91 Å². The number of nitrogens with zero attached hydrogens (tertiary/aromatic N) is 4. The van der Waals surface area contributed by atoms with Gasteiger partial charge in [-0.2, -0.15) is 0 Å². The fraction of sp³-hybridized carbons (Fsp3) is 0.346. The number of aryl methyl sites for hydroxylation is 2. The summed E-state index contributed by atoms with van der Waals surface area (Å²) in [7, 11) is 0. The summed E-state index contributed by atoms with van der Waals surface area (Å²) in [4.78, 5) is 26.4. The van der Waals surface area contributed by atoms with Gasteiger partial charge in [0.05, 0.1) is 0 Å². The van der Waals surface area contributed by atoms with Crippen molar-refractivity contribution in [3.8, 4) is 5.75 Å². The Kier molecular flexibility index (Phi) is 7.00. The number of amides is 1. The lowest BCUT2D eigenvalue weighted by Gasteiger charge is -2.26. The molecular weight excluding hydrogens is 400 g/mol. The molecule has 1 fully saturated rings. The van der Waals surface area contributed by atoms with Crippen LogP contribution < -0.4 is 9.64 Å². The van der Waals surface area contributed by atoms with Crippen molar-refractivity contribution in [2.45, 2.75) is 26.7 Å². The van der Waals surface area contributed by atoms with Gasteiger partial charge in [0, 0.05) is 43.9 Å². The topological polar surface area (TPSA) is 58.6 Å². The molecule has 1 aliphatic rings. The maximum Gasteiger partial charge on any atom is 0.260 e. The second-order valence-corrected chi connectivity index (χ2v) is 8.14. The lowest BCUT2D eigenvalue weighted by molar-refractivity contribution is -0.133. The quantitative estimate of drug-likeness (QED) is 0.595. The van der Waals surface area contributed by atoms with Crippen molar-refractivity contribution in [2.24, 2.45) is 0 Å². The Labute approximate surface area is 189 Å². The summed E-state index contributed by atoms with van der Waals surface area (Å²) in [5.74, 6) is 2.52. The predicted molar refractivity (Wildman–Crippen MR) is 126 cm³/mol. The molecule has 166 valence electrons. The van der Waals surface area contributed by atoms with Crippen LogP contribution in [-0.2, 0) is 11.2 Å². The third-order valence-electron chi connectivity index (χ3n) is 5.78. The average Bonchev–Trinajstić information content (AvgIpc) is 3.07. The summed E-state index contributed by atoms with van der Waals surface area (Å²) in [5, 5.41) is 0. The third-order valence-corrected chi connectivity index (χ3v) is 5.78. The summed E-state index contributed by atoms with van der Waals surface area (Å²) in [6.07, 6.45) is 1.69. The second-order valence-electron chi connectivity index (χ2n) is 8.14. The van der Waals surface area contributed by atoms with Gasteiger partial charge in [-0.05, 0) is 38.0 Å². The zero-order valence-corrected chi connectivity index (χ0v) is 18.8. The molecule has 3 aromatic rings. The van der Waals surface area contributed by atoms with Gasteiger partial charge < -0.3 is 14.5 Å². The summed E-state index contributed by atoms with van der Waals surface area (Å²) >= 11 is 0. The Hall–Kier alpha value is -3.41. The van der Waals surface area contributed by atoms with E-state index in [1.165, 1.54) is 5.56 Å². The highest BCUT2D eigenvalue weighted by atomic mass is 16.5. The zero-order valence-electron chi connectivity index (χ0n) is 18.8. The lowest BCUT2D eigenvalue weighted by atomic mass is 10.0. The Bertz CT molecular complexity index is 1040. The molecule has 6 nitrogen and oxygen atoms in total. The maximum absolute atomic E-state index is 12.7. The summed E-state index contributed by atoms with van der Waals surface area (Å²) in [6, 6.07) is 19.9. The molecule has 32 heavy (non-hydrogen) atoms. The minimum absolute atomic E-state index is 0.0234. The van der Waals surface area contributed by atoms with Crippen molar-refractivity contribution in [1.82, 2.24) is 14.9 Å². The van der Waals surface area contributed by atoms with E-state index < -0.39 is 0 Å². The van der Waals surface area contributed by atoms with Gasteiger partial charge in [-0.3, -0.25) is 4.79 Å². The molecule has 6 heteroatoms. The van der Waals surface area contributed by atoms with E-state index in [0.717, 1.165) is 61.1 Å². The molecule has 4 rings (SSSR count). The molecule has 2 aromatic carbocycles. The molecule has 0 bridgehead atoms. The molecule has 0 N–H and O–H groups in total. The Morgan fingerprint density at radius 3 is 2.38 bits per heavy atom. The van der Waals surface area contributed by atoms with Crippen LogP contribution in [0, 0.1) is 13.8 Å².